The summed E-state index contributed by atoms with van der Waals surface area (Å²) in [5.41, 5.74) is 1.55. The van der Waals surface area contributed by atoms with Crippen molar-refractivity contribution in [3.05, 3.63) is 71.3 Å². The molecule has 0 bridgehead atoms. The Hall–Kier alpha value is -3.13. The largest absolute Gasteiger partial charge is 0.459 e. The topological polar surface area (TPSA) is 84.0 Å². The summed E-state index contributed by atoms with van der Waals surface area (Å²) in [7, 11) is 0. The number of esters is 1. The van der Waals surface area contributed by atoms with Crippen molar-refractivity contribution in [1.82, 2.24) is 9.80 Å². The molecule has 3 atom stereocenters. The lowest BCUT2D eigenvalue weighted by Crippen LogP contribution is -2.53. The molecule has 166 valence electrons. The zero-order valence-corrected chi connectivity index (χ0v) is 18.9. The van der Waals surface area contributed by atoms with Gasteiger partial charge in [0.25, 0.3) is 11.8 Å². The van der Waals surface area contributed by atoms with Gasteiger partial charge in [0.15, 0.2) is 0 Å². The summed E-state index contributed by atoms with van der Waals surface area (Å²) in [6.07, 6.45) is 0.607. The minimum absolute atomic E-state index is 0.0994. The molecule has 0 aromatic heterocycles. The molecule has 2 aromatic carbocycles. The molecular formula is C24H24N2O5S. The second kappa shape index (κ2) is 8.43. The maximum absolute atomic E-state index is 13.0. The highest BCUT2D eigenvalue weighted by Crippen LogP contribution is 2.46. The van der Waals surface area contributed by atoms with Crippen molar-refractivity contribution in [2.45, 2.75) is 49.6 Å². The van der Waals surface area contributed by atoms with Crippen LogP contribution in [0.1, 0.15) is 47.1 Å². The Bertz CT molecular complexity index is 1040. The number of hydrogen-bond acceptors (Lipinski definition) is 6. The van der Waals surface area contributed by atoms with Gasteiger partial charge in [-0.25, -0.2) is 4.79 Å². The van der Waals surface area contributed by atoms with Gasteiger partial charge < -0.3 is 9.64 Å². The molecule has 3 amide bonds. The van der Waals surface area contributed by atoms with Gasteiger partial charge in [0.1, 0.15) is 12.6 Å². The Kier molecular flexibility index (Phi) is 5.81. The van der Waals surface area contributed by atoms with Crippen molar-refractivity contribution in [3.63, 3.8) is 0 Å². The normalized spacial score (nSPS) is 22.6. The van der Waals surface area contributed by atoms with Crippen molar-refractivity contribution in [2.24, 2.45) is 0 Å². The quantitative estimate of drug-likeness (QED) is 0.381. The van der Waals surface area contributed by atoms with E-state index in [0.717, 1.165) is 5.56 Å². The van der Waals surface area contributed by atoms with E-state index >= 15 is 0 Å². The van der Waals surface area contributed by atoms with Gasteiger partial charge in [-0.1, -0.05) is 42.5 Å². The van der Waals surface area contributed by atoms with Crippen LogP contribution in [-0.2, 0) is 20.9 Å². The van der Waals surface area contributed by atoms with Gasteiger partial charge >= 0.3 is 5.97 Å². The summed E-state index contributed by atoms with van der Waals surface area (Å²) >= 11 is 1.38. The van der Waals surface area contributed by atoms with Crippen LogP contribution in [0.2, 0.25) is 0 Å². The van der Waals surface area contributed by atoms with Crippen LogP contribution in [0.3, 0.4) is 0 Å². The first-order valence-corrected chi connectivity index (χ1v) is 11.2. The third-order valence-corrected chi connectivity index (χ3v) is 7.60. The van der Waals surface area contributed by atoms with Gasteiger partial charge in [-0.3, -0.25) is 19.3 Å². The van der Waals surface area contributed by atoms with Crippen LogP contribution in [-0.4, -0.2) is 56.2 Å². The first-order chi connectivity index (χ1) is 15.3. The molecule has 1 fully saturated rings. The molecule has 7 nitrogen and oxygen atoms in total. The standard InChI is InChI=1S/C24H24N2O5S/c1-15(26-20(28)17-11-7-8-12-18(17)21(26)29)22-25(14-27)19(24(2,3)32-22)23(30)31-13-16-9-5-4-6-10-16/h4-12,14-15,19,22H,13H2,1-3H3/t15-,19?,22-/m0/s1. The number of fused-ring (bicyclic) bond motifs is 1. The molecule has 0 N–H and O–H groups in total. The third-order valence-electron chi connectivity index (χ3n) is 5.89. The zero-order chi connectivity index (χ0) is 23.0. The van der Waals surface area contributed by atoms with Crippen molar-refractivity contribution in [1.29, 1.82) is 0 Å². The minimum atomic E-state index is -0.851. The third kappa shape index (κ3) is 3.68. The van der Waals surface area contributed by atoms with E-state index in [1.54, 1.807) is 31.2 Å². The average Bonchev–Trinajstić information content (AvgIpc) is 3.22. The number of nitrogens with zero attached hydrogens (tertiary/aromatic N) is 2. The minimum Gasteiger partial charge on any atom is -0.459 e. The Labute approximate surface area is 190 Å². The SMILES string of the molecule is C[C@@H]([C@@H]1SC(C)(C)C(C(=O)OCc2ccccc2)N1C=O)N1C(=O)c2ccccc2C1=O. The summed E-state index contributed by atoms with van der Waals surface area (Å²) in [4.78, 5) is 53.6. The molecule has 2 aliphatic rings. The number of imide groups is 1. The van der Waals surface area contributed by atoms with Crippen LogP contribution < -0.4 is 0 Å². The fraction of sp³-hybridized carbons (Fsp3) is 0.333. The van der Waals surface area contributed by atoms with Crippen LogP contribution in [0.25, 0.3) is 0 Å². The molecule has 0 aliphatic carbocycles. The Balaban J connectivity index is 1.55. The first-order valence-electron chi connectivity index (χ1n) is 10.3. The number of carbonyl (C=O) groups is 4. The molecule has 2 aliphatic heterocycles. The molecule has 32 heavy (non-hydrogen) atoms. The van der Waals surface area contributed by atoms with Crippen molar-refractivity contribution >= 4 is 36.0 Å². The average molecular weight is 453 g/mol. The van der Waals surface area contributed by atoms with E-state index in [9.17, 15) is 19.2 Å². The van der Waals surface area contributed by atoms with Crippen LogP contribution in [0, 0.1) is 0 Å². The maximum atomic E-state index is 13.0. The number of carbonyl (C=O) groups excluding carboxylic acids is 4. The van der Waals surface area contributed by atoms with Crippen molar-refractivity contribution < 1.29 is 23.9 Å². The lowest BCUT2D eigenvalue weighted by molar-refractivity contribution is -0.154. The van der Waals surface area contributed by atoms with E-state index in [2.05, 4.69) is 0 Å². The van der Waals surface area contributed by atoms with E-state index in [1.165, 1.54) is 21.6 Å². The zero-order valence-electron chi connectivity index (χ0n) is 18.1. The predicted molar refractivity (Wildman–Crippen MR) is 120 cm³/mol. The number of thioether (sulfide) groups is 1. The smallest absolute Gasteiger partial charge is 0.330 e. The molecule has 2 heterocycles. The highest BCUT2D eigenvalue weighted by atomic mass is 32.2. The van der Waals surface area contributed by atoms with Gasteiger partial charge in [0, 0.05) is 4.75 Å². The first kappa shape index (κ1) is 22.1. The van der Waals surface area contributed by atoms with Gasteiger partial charge in [-0.15, -0.1) is 11.8 Å². The van der Waals surface area contributed by atoms with Gasteiger partial charge in [-0.05, 0) is 38.5 Å². The number of hydrogen-bond donors (Lipinski definition) is 0. The Morgan fingerprint density at radius 3 is 2.19 bits per heavy atom. The molecule has 0 spiro atoms. The van der Waals surface area contributed by atoms with E-state index in [4.69, 9.17) is 4.74 Å². The monoisotopic (exact) mass is 452 g/mol. The lowest BCUT2D eigenvalue weighted by Gasteiger charge is -2.32. The van der Waals surface area contributed by atoms with Crippen LogP contribution in [0.4, 0.5) is 0 Å². The van der Waals surface area contributed by atoms with Crippen LogP contribution in [0.15, 0.2) is 54.6 Å². The second-order valence-electron chi connectivity index (χ2n) is 8.43. The fourth-order valence-corrected chi connectivity index (χ4v) is 5.91. The molecule has 2 aromatic rings. The molecule has 1 unspecified atom stereocenters. The molecular weight excluding hydrogens is 428 g/mol. The highest BCUT2D eigenvalue weighted by Gasteiger charge is 2.55. The van der Waals surface area contributed by atoms with Crippen molar-refractivity contribution in [3.8, 4) is 0 Å². The predicted octanol–water partition coefficient (Wildman–Crippen LogP) is 3.09. The fourth-order valence-electron chi connectivity index (χ4n) is 4.33. The summed E-state index contributed by atoms with van der Waals surface area (Å²) in [6.45, 7) is 5.54. The summed E-state index contributed by atoms with van der Waals surface area (Å²) < 4.78 is 4.85. The van der Waals surface area contributed by atoms with E-state index in [-0.39, 0.29) is 6.61 Å². The molecule has 0 saturated carbocycles. The summed E-state index contributed by atoms with van der Waals surface area (Å²) in [5, 5.41) is -0.584. The summed E-state index contributed by atoms with van der Waals surface area (Å²) in [5.74, 6) is -1.30. The molecule has 0 radical (unpaired) electrons. The maximum Gasteiger partial charge on any atom is 0.330 e. The van der Waals surface area contributed by atoms with Crippen LogP contribution in [0.5, 0.6) is 0 Å². The summed E-state index contributed by atoms with van der Waals surface area (Å²) in [6, 6.07) is 14.5. The Morgan fingerprint density at radius 2 is 1.62 bits per heavy atom. The van der Waals surface area contributed by atoms with Gasteiger partial charge in [0.2, 0.25) is 6.41 Å². The molecule has 8 heteroatoms. The second-order valence-corrected chi connectivity index (χ2v) is 10.2. The number of rotatable bonds is 6. The van der Waals surface area contributed by atoms with Gasteiger partial charge in [0.05, 0.1) is 22.5 Å². The number of ether oxygens (including phenoxy) is 1. The lowest BCUT2D eigenvalue weighted by atomic mass is 10.0. The number of amides is 3. The Morgan fingerprint density at radius 1 is 1.06 bits per heavy atom. The number of benzene rings is 2. The highest BCUT2D eigenvalue weighted by molar-refractivity contribution is 8.01. The van der Waals surface area contributed by atoms with Crippen molar-refractivity contribution in [2.75, 3.05) is 0 Å². The van der Waals surface area contributed by atoms with Gasteiger partial charge in [-0.2, -0.15) is 0 Å². The molecule has 4 rings (SSSR count). The van der Waals surface area contributed by atoms with Crippen LogP contribution >= 0.6 is 11.8 Å². The molecule has 1 saturated heterocycles. The van der Waals surface area contributed by atoms with E-state index in [0.29, 0.717) is 17.5 Å². The van der Waals surface area contributed by atoms with E-state index < -0.39 is 40.0 Å². The van der Waals surface area contributed by atoms with E-state index in [1.807, 2.05) is 44.2 Å².